The minimum Gasteiger partial charge on any atom is -0.328 e. The summed E-state index contributed by atoms with van der Waals surface area (Å²) in [6.45, 7) is 2.88. The van der Waals surface area contributed by atoms with E-state index in [1.807, 2.05) is 12.1 Å². The summed E-state index contributed by atoms with van der Waals surface area (Å²) in [6.07, 6.45) is 2.07. The van der Waals surface area contributed by atoms with Gasteiger partial charge in [-0.15, -0.1) is 0 Å². The van der Waals surface area contributed by atoms with Gasteiger partial charge in [0.1, 0.15) is 0 Å². The van der Waals surface area contributed by atoms with E-state index in [1.165, 1.54) is 4.31 Å². The van der Waals surface area contributed by atoms with Gasteiger partial charge in [-0.25, -0.2) is 12.7 Å². The fraction of sp³-hybridized carbons (Fsp3) is 0.571. The van der Waals surface area contributed by atoms with E-state index in [0.29, 0.717) is 10.9 Å². The van der Waals surface area contributed by atoms with Crippen LogP contribution in [0.2, 0.25) is 0 Å². The average molecular weight is 297 g/mol. The Morgan fingerprint density at radius 3 is 2.25 bits per heavy atom. The van der Waals surface area contributed by atoms with E-state index in [1.54, 1.807) is 26.2 Å². The van der Waals surface area contributed by atoms with E-state index >= 15 is 0 Å². The number of benzene rings is 1. The Kier molecular flexibility index (Phi) is 4.80. The van der Waals surface area contributed by atoms with Crippen molar-refractivity contribution >= 4 is 10.0 Å². The normalized spacial score (nSPS) is 18.6. The van der Waals surface area contributed by atoms with Crippen LogP contribution in [0.15, 0.2) is 29.2 Å². The Bertz CT molecular complexity index is 532. The van der Waals surface area contributed by atoms with Gasteiger partial charge in [-0.3, -0.25) is 4.90 Å². The monoisotopic (exact) mass is 297 g/mol. The molecule has 0 saturated carbocycles. The standard InChI is InChI=1S/C14H23N3O2S/c1-16(2)20(18,19)14-5-3-12(4-6-14)11-17-9-7-13(15)8-10-17/h3-6,13H,7-11,15H2,1-2H3. The zero-order chi connectivity index (χ0) is 14.8. The van der Waals surface area contributed by atoms with Gasteiger partial charge in [0.05, 0.1) is 4.90 Å². The summed E-state index contributed by atoms with van der Waals surface area (Å²) in [5, 5.41) is 0. The first-order chi connectivity index (χ1) is 9.39. The molecule has 1 aromatic carbocycles. The molecule has 0 atom stereocenters. The third-order valence-electron chi connectivity index (χ3n) is 3.74. The van der Waals surface area contributed by atoms with E-state index in [0.717, 1.165) is 38.0 Å². The molecule has 1 aromatic rings. The van der Waals surface area contributed by atoms with Crippen molar-refractivity contribution in [3.8, 4) is 0 Å². The molecule has 1 aliphatic heterocycles. The Balaban J connectivity index is 2.02. The molecule has 1 fully saturated rings. The van der Waals surface area contributed by atoms with Crippen molar-refractivity contribution in [2.75, 3.05) is 27.2 Å². The average Bonchev–Trinajstić information content (AvgIpc) is 2.42. The molecule has 5 nitrogen and oxygen atoms in total. The molecular formula is C14H23N3O2S. The molecule has 6 heteroatoms. The van der Waals surface area contributed by atoms with Crippen molar-refractivity contribution in [3.63, 3.8) is 0 Å². The molecule has 0 radical (unpaired) electrons. The number of piperidine rings is 1. The third kappa shape index (κ3) is 3.58. The Labute approximate surface area is 121 Å². The first kappa shape index (κ1) is 15.4. The highest BCUT2D eigenvalue weighted by molar-refractivity contribution is 7.89. The summed E-state index contributed by atoms with van der Waals surface area (Å²) in [5.41, 5.74) is 7.03. The number of sulfonamides is 1. The summed E-state index contributed by atoms with van der Waals surface area (Å²) in [6, 6.07) is 7.48. The summed E-state index contributed by atoms with van der Waals surface area (Å²) in [7, 11) is -0.247. The first-order valence-electron chi connectivity index (χ1n) is 6.89. The number of nitrogens with two attached hydrogens (primary N) is 1. The van der Waals surface area contributed by atoms with E-state index < -0.39 is 10.0 Å². The molecule has 2 N–H and O–H groups in total. The Hall–Kier alpha value is -0.950. The number of hydrogen-bond donors (Lipinski definition) is 1. The van der Waals surface area contributed by atoms with Gasteiger partial charge in [-0.05, 0) is 43.6 Å². The van der Waals surface area contributed by atoms with Crippen molar-refractivity contribution in [3.05, 3.63) is 29.8 Å². The molecule has 0 aromatic heterocycles. The molecule has 20 heavy (non-hydrogen) atoms. The number of likely N-dealkylation sites (tertiary alicyclic amines) is 1. The van der Waals surface area contributed by atoms with E-state index in [4.69, 9.17) is 5.73 Å². The minimum absolute atomic E-state index is 0.332. The highest BCUT2D eigenvalue weighted by atomic mass is 32.2. The van der Waals surface area contributed by atoms with Crippen LogP contribution < -0.4 is 5.73 Å². The topological polar surface area (TPSA) is 66.6 Å². The minimum atomic E-state index is -3.33. The van der Waals surface area contributed by atoms with Gasteiger partial charge in [0.15, 0.2) is 0 Å². The van der Waals surface area contributed by atoms with Crippen LogP contribution in [0.3, 0.4) is 0 Å². The van der Waals surface area contributed by atoms with Gasteiger partial charge < -0.3 is 5.73 Å². The van der Waals surface area contributed by atoms with Crippen LogP contribution in [0.25, 0.3) is 0 Å². The van der Waals surface area contributed by atoms with Crippen LogP contribution in [0.1, 0.15) is 18.4 Å². The third-order valence-corrected chi connectivity index (χ3v) is 5.57. The van der Waals surface area contributed by atoms with Crippen LogP contribution >= 0.6 is 0 Å². The fourth-order valence-electron chi connectivity index (χ4n) is 2.35. The van der Waals surface area contributed by atoms with Crippen molar-refractivity contribution in [2.45, 2.75) is 30.3 Å². The lowest BCUT2D eigenvalue weighted by atomic mass is 10.1. The first-order valence-corrected chi connectivity index (χ1v) is 8.33. The molecule has 0 unspecified atom stereocenters. The molecule has 0 bridgehead atoms. The van der Waals surface area contributed by atoms with Crippen molar-refractivity contribution < 1.29 is 8.42 Å². The van der Waals surface area contributed by atoms with Gasteiger partial charge in [-0.2, -0.15) is 0 Å². The molecule has 0 spiro atoms. The van der Waals surface area contributed by atoms with Crippen LogP contribution in [0, 0.1) is 0 Å². The Morgan fingerprint density at radius 1 is 1.20 bits per heavy atom. The van der Waals surface area contributed by atoms with Crippen molar-refractivity contribution in [2.24, 2.45) is 5.73 Å². The molecule has 1 aliphatic rings. The van der Waals surface area contributed by atoms with E-state index in [-0.39, 0.29) is 0 Å². The molecular weight excluding hydrogens is 274 g/mol. The maximum absolute atomic E-state index is 12.0. The second kappa shape index (κ2) is 6.22. The quantitative estimate of drug-likeness (QED) is 0.895. The lowest BCUT2D eigenvalue weighted by molar-refractivity contribution is 0.205. The molecule has 2 rings (SSSR count). The molecule has 0 amide bonds. The second-order valence-corrected chi connectivity index (χ2v) is 7.70. The molecule has 1 saturated heterocycles. The highest BCUT2D eigenvalue weighted by Gasteiger charge is 2.18. The van der Waals surface area contributed by atoms with E-state index in [2.05, 4.69) is 4.90 Å². The lowest BCUT2D eigenvalue weighted by Gasteiger charge is -2.30. The molecule has 1 heterocycles. The van der Waals surface area contributed by atoms with Crippen LogP contribution in [0.4, 0.5) is 0 Å². The summed E-state index contributed by atoms with van der Waals surface area (Å²) in [4.78, 5) is 2.70. The van der Waals surface area contributed by atoms with Crippen molar-refractivity contribution in [1.29, 1.82) is 0 Å². The summed E-state index contributed by atoms with van der Waals surface area (Å²) < 4.78 is 25.2. The number of rotatable bonds is 4. The number of nitrogens with zero attached hydrogens (tertiary/aromatic N) is 2. The zero-order valence-corrected chi connectivity index (χ0v) is 12.9. The van der Waals surface area contributed by atoms with Gasteiger partial charge in [-0.1, -0.05) is 12.1 Å². The van der Waals surface area contributed by atoms with Gasteiger partial charge >= 0.3 is 0 Å². The van der Waals surface area contributed by atoms with Gasteiger partial charge in [0.2, 0.25) is 10.0 Å². The predicted octanol–water partition coefficient (Wildman–Crippen LogP) is 0.860. The SMILES string of the molecule is CN(C)S(=O)(=O)c1ccc(CN2CCC(N)CC2)cc1. The highest BCUT2D eigenvalue weighted by Crippen LogP contribution is 2.16. The maximum atomic E-state index is 12.0. The number of hydrogen-bond acceptors (Lipinski definition) is 4. The largest absolute Gasteiger partial charge is 0.328 e. The summed E-state index contributed by atoms with van der Waals surface area (Å²) in [5.74, 6) is 0. The molecule has 112 valence electrons. The van der Waals surface area contributed by atoms with Crippen LogP contribution in [-0.4, -0.2) is 50.8 Å². The van der Waals surface area contributed by atoms with Crippen LogP contribution in [-0.2, 0) is 16.6 Å². The summed E-state index contributed by atoms with van der Waals surface area (Å²) >= 11 is 0. The fourth-order valence-corrected chi connectivity index (χ4v) is 3.25. The molecule has 0 aliphatic carbocycles. The van der Waals surface area contributed by atoms with Gasteiger partial charge in [0, 0.05) is 26.7 Å². The van der Waals surface area contributed by atoms with Crippen molar-refractivity contribution in [1.82, 2.24) is 9.21 Å². The van der Waals surface area contributed by atoms with Crippen LogP contribution in [0.5, 0.6) is 0 Å². The van der Waals surface area contributed by atoms with E-state index in [9.17, 15) is 8.42 Å². The van der Waals surface area contributed by atoms with Gasteiger partial charge in [0.25, 0.3) is 0 Å². The zero-order valence-electron chi connectivity index (χ0n) is 12.1. The predicted molar refractivity (Wildman–Crippen MR) is 79.8 cm³/mol. The second-order valence-electron chi connectivity index (χ2n) is 5.54. The maximum Gasteiger partial charge on any atom is 0.242 e. The lowest BCUT2D eigenvalue weighted by Crippen LogP contribution is -2.39. The smallest absolute Gasteiger partial charge is 0.242 e. The Morgan fingerprint density at radius 2 is 1.75 bits per heavy atom.